The van der Waals surface area contributed by atoms with Crippen molar-refractivity contribution >= 4 is 5.69 Å². The number of hydrogen-bond acceptors (Lipinski definition) is 5. The van der Waals surface area contributed by atoms with Gasteiger partial charge in [-0.15, -0.1) is 0 Å². The van der Waals surface area contributed by atoms with Crippen molar-refractivity contribution in [3.8, 4) is 11.4 Å². The molecule has 0 saturated carbocycles. The number of benzene rings is 1. The first-order valence-corrected chi connectivity index (χ1v) is 6.47. The Balaban J connectivity index is 2.08. The molecular weight excluding hydrogens is 256 g/mol. The summed E-state index contributed by atoms with van der Waals surface area (Å²) in [4.78, 5) is 19.5. The van der Waals surface area contributed by atoms with Gasteiger partial charge >= 0.3 is 0 Å². The SMILES string of the molecule is Cc1nc(-c2cccc([N+](=O)[O-])c2)nc2c1CNCC2. The topological polar surface area (TPSA) is 81.0 Å². The molecule has 102 valence electrons. The van der Waals surface area contributed by atoms with E-state index in [2.05, 4.69) is 15.3 Å². The highest BCUT2D eigenvalue weighted by atomic mass is 16.6. The van der Waals surface area contributed by atoms with Gasteiger partial charge in [-0.3, -0.25) is 10.1 Å². The van der Waals surface area contributed by atoms with Crippen LogP contribution >= 0.6 is 0 Å². The summed E-state index contributed by atoms with van der Waals surface area (Å²) >= 11 is 0. The quantitative estimate of drug-likeness (QED) is 0.667. The van der Waals surface area contributed by atoms with Crippen LogP contribution < -0.4 is 5.32 Å². The molecule has 2 aromatic rings. The molecule has 6 heteroatoms. The standard InChI is InChI=1S/C14H14N4O2/c1-9-12-8-15-6-5-13(12)17-14(16-9)10-3-2-4-11(7-10)18(19)20/h2-4,7,15H,5-6,8H2,1H3. The minimum Gasteiger partial charge on any atom is -0.312 e. The highest BCUT2D eigenvalue weighted by Crippen LogP contribution is 2.24. The highest BCUT2D eigenvalue weighted by molar-refractivity contribution is 5.59. The molecule has 0 saturated heterocycles. The predicted molar refractivity (Wildman–Crippen MR) is 74.3 cm³/mol. The molecule has 0 radical (unpaired) electrons. The summed E-state index contributed by atoms with van der Waals surface area (Å²) in [5, 5.41) is 14.1. The van der Waals surface area contributed by atoms with Crippen LogP contribution in [0.2, 0.25) is 0 Å². The van der Waals surface area contributed by atoms with Gasteiger partial charge in [-0.05, 0) is 6.92 Å². The van der Waals surface area contributed by atoms with Gasteiger partial charge in [-0.25, -0.2) is 9.97 Å². The fourth-order valence-electron chi connectivity index (χ4n) is 2.40. The predicted octanol–water partition coefficient (Wildman–Crippen LogP) is 2.01. The van der Waals surface area contributed by atoms with Gasteiger partial charge in [0, 0.05) is 48.5 Å². The van der Waals surface area contributed by atoms with E-state index in [9.17, 15) is 10.1 Å². The van der Waals surface area contributed by atoms with Gasteiger partial charge in [0.25, 0.3) is 5.69 Å². The van der Waals surface area contributed by atoms with Crippen LogP contribution in [0.5, 0.6) is 0 Å². The van der Waals surface area contributed by atoms with E-state index in [0.29, 0.717) is 11.4 Å². The minimum absolute atomic E-state index is 0.0585. The molecule has 1 N–H and O–H groups in total. The molecule has 0 fully saturated rings. The molecule has 1 aliphatic rings. The number of rotatable bonds is 2. The van der Waals surface area contributed by atoms with E-state index in [-0.39, 0.29) is 5.69 Å². The van der Waals surface area contributed by atoms with Crippen LogP contribution in [0.4, 0.5) is 5.69 Å². The summed E-state index contributed by atoms with van der Waals surface area (Å²) in [6, 6.07) is 6.45. The van der Waals surface area contributed by atoms with Gasteiger partial charge in [0.1, 0.15) is 0 Å². The molecule has 3 rings (SSSR count). The number of hydrogen-bond donors (Lipinski definition) is 1. The third-order valence-electron chi connectivity index (χ3n) is 3.46. The van der Waals surface area contributed by atoms with Crippen molar-refractivity contribution in [1.82, 2.24) is 15.3 Å². The Morgan fingerprint density at radius 3 is 3.00 bits per heavy atom. The Labute approximate surface area is 116 Å². The van der Waals surface area contributed by atoms with E-state index in [1.165, 1.54) is 12.1 Å². The zero-order chi connectivity index (χ0) is 14.1. The molecule has 0 atom stereocenters. The second kappa shape index (κ2) is 4.97. The van der Waals surface area contributed by atoms with E-state index < -0.39 is 4.92 Å². The van der Waals surface area contributed by atoms with Gasteiger partial charge in [-0.2, -0.15) is 0 Å². The molecule has 0 aliphatic carbocycles. The summed E-state index contributed by atoms with van der Waals surface area (Å²) in [5.41, 5.74) is 3.86. The fraction of sp³-hybridized carbons (Fsp3) is 0.286. The van der Waals surface area contributed by atoms with Crippen molar-refractivity contribution < 1.29 is 4.92 Å². The van der Waals surface area contributed by atoms with Crippen LogP contribution in [0.1, 0.15) is 17.0 Å². The van der Waals surface area contributed by atoms with E-state index in [4.69, 9.17) is 0 Å². The molecule has 0 spiro atoms. The zero-order valence-electron chi connectivity index (χ0n) is 11.1. The molecular formula is C14H14N4O2. The van der Waals surface area contributed by atoms with Gasteiger partial charge in [0.15, 0.2) is 5.82 Å². The zero-order valence-corrected chi connectivity index (χ0v) is 11.1. The number of nitrogens with zero attached hydrogens (tertiary/aromatic N) is 3. The molecule has 1 aliphatic heterocycles. The molecule has 0 unspecified atom stereocenters. The van der Waals surface area contributed by atoms with Crippen LogP contribution in [0, 0.1) is 17.0 Å². The van der Waals surface area contributed by atoms with Gasteiger partial charge in [0.2, 0.25) is 0 Å². The second-order valence-electron chi connectivity index (χ2n) is 4.79. The fourth-order valence-corrected chi connectivity index (χ4v) is 2.40. The molecule has 0 bridgehead atoms. The maximum absolute atomic E-state index is 10.8. The third kappa shape index (κ3) is 2.25. The highest BCUT2D eigenvalue weighted by Gasteiger charge is 2.16. The van der Waals surface area contributed by atoms with Gasteiger partial charge < -0.3 is 5.32 Å². The largest absolute Gasteiger partial charge is 0.312 e. The summed E-state index contributed by atoms with van der Waals surface area (Å²) < 4.78 is 0. The first-order valence-electron chi connectivity index (χ1n) is 6.47. The van der Waals surface area contributed by atoms with E-state index >= 15 is 0 Å². The van der Waals surface area contributed by atoms with Crippen LogP contribution in [0.25, 0.3) is 11.4 Å². The Morgan fingerprint density at radius 1 is 1.35 bits per heavy atom. The van der Waals surface area contributed by atoms with Crippen molar-refractivity contribution in [2.24, 2.45) is 0 Å². The summed E-state index contributed by atoms with van der Waals surface area (Å²) in [7, 11) is 0. The first-order chi connectivity index (χ1) is 9.65. The van der Waals surface area contributed by atoms with Crippen molar-refractivity contribution in [2.75, 3.05) is 6.54 Å². The molecule has 2 heterocycles. The maximum Gasteiger partial charge on any atom is 0.270 e. The lowest BCUT2D eigenvalue weighted by molar-refractivity contribution is -0.384. The lowest BCUT2D eigenvalue weighted by Crippen LogP contribution is -2.26. The Hall–Kier alpha value is -2.34. The van der Waals surface area contributed by atoms with Crippen molar-refractivity contribution in [2.45, 2.75) is 19.9 Å². The third-order valence-corrected chi connectivity index (χ3v) is 3.46. The minimum atomic E-state index is -0.404. The van der Waals surface area contributed by atoms with Crippen molar-refractivity contribution in [1.29, 1.82) is 0 Å². The average molecular weight is 270 g/mol. The van der Waals surface area contributed by atoms with E-state index in [1.54, 1.807) is 12.1 Å². The smallest absolute Gasteiger partial charge is 0.270 e. The first kappa shape index (κ1) is 12.7. The average Bonchev–Trinajstić information content (AvgIpc) is 2.47. The molecule has 0 amide bonds. The molecule has 1 aromatic heterocycles. The van der Waals surface area contributed by atoms with Crippen LogP contribution in [-0.2, 0) is 13.0 Å². The van der Waals surface area contributed by atoms with Crippen molar-refractivity contribution in [3.63, 3.8) is 0 Å². The Bertz CT molecular complexity index is 685. The Morgan fingerprint density at radius 2 is 2.20 bits per heavy atom. The number of aromatic nitrogens is 2. The number of nitrogens with one attached hydrogen (secondary N) is 1. The lowest BCUT2D eigenvalue weighted by atomic mass is 10.1. The van der Waals surface area contributed by atoms with Gasteiger partial charge in [0.05, 0.1) is 10.6 Å². The van der Waals surface area contributed by atoms with E-state index in [0.717, 1.165) is 36.5 Å². The summed E-state index contributed by atoms with van der Waals surface area (Å²) in [6.45, 7) is 3.64. The Kier molecular flexibility index (Phi) is 3.15. The number of fused-ring (bicyclic) bond motifs is 1. The monoisotopic (exact) mass is 270 g/mol. The van der Waals surface area contributed by atoms with Crippen LogP contribution in [0.15, 0.2) is 24.3 Å². The molecule has 1 aromatic carbocycles. The second-order valence-corrected chi connectivity index (χ2v) is 4.79. The maximum atomic E-state index is 10.8. The van der Waals surface area contributed by atoms with Crippen LogP contribution in [-0.4, -0.2) is 21.4 Å². The summed E-state index contributed by atoms with van der Waals surface area (Å²) in [5.74, 6) is 0.562. The normalized spacial score (nSPS) is 13.8. The number of nitro groups is 1. The summed E-state index contributed by atoms with van der Waals surface area (Å²) in [6.07, 6.45) is 0.862. The van der Waals surface area contributed by atoms with Gasteiger partial charge in [-0.1, -0.05) is 12.1 Å². The molecule has 20 heavy (non-hydrogen) atoms. The number of aryl methyl sites for hydroxylation is 1. The van der Waals surface area contributed by atoms with Crippen LogP contribution in [0.3, 0.4) is 0 Å². The van der Waals surface area contributed by atoms with E-state index in [1.807, 2.05) is 6.92 Å². The lowest BCUT2D eigenvalue weighted by Gasteiger charge is -2.18. The van der Waals surface area contributed by atoms with Crippen molar-refractivity contribution in [3.05, 3.63) is 51.3 Å². The number of nitro benzene ring substituents is 1. The molecule has 6 nitrogen and oxygen atoms in total. The number of non-ortho nitro benzene ring substituents is 1.